The molecule has 29 heavy (non-hydrogen) atoms. The third-order valence-corrected chi connectivity index (χ3v) is 5.66. The van der Waals surface area contributed by atoms with Crippen molar-refractivity contribution in [3.8, 4) is 11.1 Å². The highest BCUT2D eigenvalue weighted by Gasteiger charge is 2.37. The Labute approximate surface area is 168 Å². The topological polar surface area (TPSA) is 87.2 Å². The van der Waals surface area contributed by atoms with Crippen LogP contribution in [-0.4, -0.2) is 65.2 Å². The molecule has 150 valence electrons. The summed E-state index contributed by atoms with van der Waals surface area (Å²) < 4.78 is 5.59. The molecule has 0 spiro atoms. The van der Waals surface area contributed by atoms with Gasteiger partial charge in [0.05, 0.1) is 6.54 Å². The Balaban J connectivity index is 1.47. The number of amides is 2. The third-order valence-electron chi connectivity index (χ3n) is 5.66. The van der Waals surface area contributed by atoms with Crippen LogP contribution in [0.3, 0.4) is 0 Å². The molecule has 1 atom stereocenters. The van der Waals surface area contributed by atoms with Crippen molar-refractivity contribution in [1.82, 2.24) is 9.80 Å². The van der Waals surface area contributed by atoms with Gasteiger partial charge in [0, 0.05) is 25.9 Å². The van der Waals surface area contributed by atoms with Crippen molar-refractivity contribution in [1.29, 1.82) is 0 Å². The van der Waals surface area contributed by atoms with Gasteiger partial charge in [-0.3, -0.25) is 4.79 Å². The standard InChI is InChI=1S/C22H22N2O5/c1-14(25)24-11-10-23(12-20(24)21(26)27)22(28)29-13-19-17-8-4-2-6-15(17)16-7-3-5-9-18(16)19/h2-9,19-20H,10-13H2,1H3,(H,26,27). The predicted octanol–water partition coefficient (Wildman–Crippen LogP) is 2.55. The molecule has 0 aromatic heterocycles. The van der Waals surface area contributed by atoms with Gasteiger partial charge in [-0.25, -0.2) is 9.59 Å². The van der Waals surface area contributed by atoms with Crippen molar-refractivity contribution in [2.75, 3.05) is 26.2 Å². The molecule has 1 aliphatic heterocycles. The molecule has 7 heteroatoms. The number of piperazine rings is 1. The average Bonchev–Trinajstić information content (AvgIpc) is 3.05. The lowest BCUT2D eigenvalue weighted by Gasteiger charge is -2.38. The molecule has 0 bridgehead atoms. The number of carbonyl (C=O) groups excluding carboxylic acids is 2. The molecule has 2 aromatic rings. The van der Waals surface area contributed by atoms with Crippen LogP contribution in [0, 0.1) is 0 Å². The molecular formula is C22H22N2O5. The fourth-order valence-electron chi connectivity index (χ4n) is 4.22. The first-order valence-corrected chi connectivity index (χ1v) is 9.57. The van der Waals surface area contributed by atoms with Crippen molar-refractivity contribution < 1.29 is 24.2 Å². The van der Waals surface area contributed by atoms with Crippen molar-refractivity contribution >= 4 is 18.0 Å². The van der Waals surface area contributed by atoms with E-state index in [-0.39, 0.29) is 38.1 Å². The van der Waals surface area contributed by atoms with Crippen LogP contribution >= 0.6 is 0 Å². The van der Waals surface area contributed by atoms with Crippen molar-refractivity contribution in [3.05, 3.63) is 59.7 Å². The minimum Gasteiger partial charge on any atom is -0.480 e. The molecule has 2 amide bonds. The number of carbonyl (C=O) groups is 3. The molecule has 1 N–H and O–H groups in total. The molecule has 1 unspecified atom stereocenters. The van der Waals surface area contributed by atoms with E-state index in [1.165, 1.54) is 16.7 Å². The summed E-state index contributed by atoms with van der Waals surface area (Å²) in [6.07, 6.45) is -0.554. The number of aliphatic carboxylic acids is 1. The molecule has 2 aromatic carbocycles. The van der Waals surface area contributed by atoms with Gasteiger partial charge < -0.3 is 19.6 Å². The number of rotatable bonds is 3. The van der Waals surface area contributed by atoms with Gasteiger partial charge in [-0.05, 0) is 22.3 Å². The number of ether oxygens (including phenoxy) is 1. The van der Waals surface area contributed by atoms with Gasteiger partial charge in [-0.15, -0.1) is 0 Å². The summed E-state index contributed by atoms with van der Waals surface area (Å²) in [6, 6.07) is 15.1. The van der Waals surface area contributed by atoms with Crippen LogP contribution in [0.25, 0.3) is 11.1 Å². The van der Waals surface area contributed by atoms with E-state index in [1.807, 2.05) is 36.4 Å². The Morgan fingerprint density at radius 3 is 2.14 bits per heavy atom. The van der Waals surface area contributed by atoms with Gasteiger partial charge in [-0.1, -0.05) is 48.5 Å². The highest BCUT2D eigenvalue weighted by atomic mass is 16.6. The van der Waals surface area contributed by atoms with Gasteiger partial charge in [0.2, 0.25) is 5.91 Å². The Kier molecular flexibility index (Phi) is 4.96. The highest BCUT2D eigenvalue weighted by molar-refractivity contribution is 5.84. The van der Waals surface area contributed by atoms with Crippen LogP contribution in [0.1, 0.15) is 24.0 Å². The molecule has 1 saturated heterocycles. The lowest BCUT2D eigenvalue weighted by Crippen LogP contribution is -2.59. The first-order chi connectivity index (χ1) is 14.0. The van der Waals surface area contributed by atoms with E-state index in [4.69, 9.17) is 4.74 Å². The summed E-state index contributed by atoms with van der Waals surface area (Å²) in [5, 5.41) is 9.41. The summed E-state index contributed by atoms with van der Waals surface area (Å²) in [6.45, 7) is 1.86. The fourth-order valence-corrected chi connectivity index (χ4v) is 4.22. The second kappa shape index (κ2) is 7.58. The molecule has 2 aliphatic rings. The van der Waals surface area contributed by atoms with Gasteiger partial charge in [0.1, 0.15) is 12.6 Å². The molecule has 7 nitrogen and oxygen atoms in total. The first-order valence-electron chi connectivity index (χ1n) is 9.57. The molecular weight excluding hydrogens is 372 g/mol. The van der Waals surface area contributed by atoms with Gasteiger partial charge in [-0.2, -0.15) is 0 Å². The average molecular weight is 394 g/mol. The lowest BCUT2D eigenvalue weighted by molar-refractivity contribution is -0.152. The number of benzene rings is 2. The second-order valence-electron chi connectivity index (χ2n) is 7.32. The SMILES string of the molecule is CC(=O)N1CCN(C(=O)OCC2c3ccccc3-c3ccccc32)CC1C(=O)O. The van der Waals surface area contributed by atoms with Crippen molar-refractivity contribution in [3.63, 3.8) is 0 Å². The third kappa shape index (κ3) is 3.44. The maximum atomic E-state index is 12.6. The summed E-state index contributed by atoms with van der Waals surface area (Å²) >= 11 is 0. The zero-order valence-electron chi connectivity index (χ0n) is 16.1. The minimum absolute atomic E-state index is 0.0554. The molecule has 1 fully saturated rings. The summed E-state index contributed by atoms with van der Waals surface area (Å²) in [7, 11) is 0. The minimum atomic E-state index is -1.13. The van der Waals surface area contributed by atoms with Crippen LogP contribution < -0.4 is 0 Å². The molecule has 0 saturated carbocycles. The van der Waals surface area contributed by atoms with E-state index in [0.717, 1.165) is 22.3 Å². The summed E-state index contributed by atoms with van der Waals surface area (Å²) in [5.41, 5.74) is 4.52. The summed E-state index contributed by atoms with van der Waals surface area (Å²) in [4.78, 5) is 38.4. The number of nitrogens with zero attached hydrogens (tertiary/aromatic N) is 2. The quantitative estimate of drug-likeness (QED) is 0.865. The Bertz CT molecular complexity index is 928. The number of fused-ring (bicyclic) bond motifs is 3. The molecule has 0 radical (unpaired) electrons. The van der Waals surface area contributed by atoms with E-state index < -0.39 is 18.1 Å². The van der Waals surface area contributed by atoms with E-state index >= 15 is 0 Å². The monoisotopic (exact) mass is 394 g/mol. The van der Waals surface area contributed by atoms with Crippen LogP contribution in [0.15, 0.2) is 48.5 Å². The van der Waals surface area contributed by atoms with Crippen LogP contribution in [0.4, 0.5) is 4.79 Å². The summed E-state index contributed by atoms with van der Waals surface area (Å²) in [5.74, 6) is -1.50. The number of carboxylic acids is 1. The predicted molar refractivity (Wildman–Crippen MR) is 105 cm³/mol. The fraction of sp³-hybridized carbons (Fsp3) is 0.318. The maximum absolute atomic E-state index is 12.6. The van der Waals surface area contributed by atoms with Gasteiger partial charge in [0.25, 0.3) is 0 Å². The van der Waals surface area contributed by atoms with Crippen LogP contribution in [-0.2, 0) is 14.3 Å². The zero-order valence-corrected chi connectivity index (χ0v) is 16.1. The Hall–Kier alpha value is -3.35. The first kappa shape index (κ1) is 19.0. The highest BCUT2D eigenvalue weighted by Crippen LogP contribution is 2.44. The van der Waals surface area contributed by atoms with E-state index in [2.05, 4.69) is 12.1 Å². The maximum Gasteiger partial charge on any atom is 0.409 e. The number of hydrogen-bond donors (Lipinski definition) is 1. The van der Waals surface area contributed by atoms with E-state index in [0.29, 0.717) is 0 Å². The number of carboxylic acid groups (broad SMARTS) is 1. The van der Waals surface area contributed by atoms with Gasteiger partial charge >= 0.3 is 12.1 Å². The molecule has 4 rings (SSSR count). The zero-order chi connectivity index (χ0) is 20.5. The normalized spacial score (nSPS) is 18.2. The van der Waals surface area contributed by atoms with E-state index in [1.54, 1.807) is 0 Å². The lowest BCUT2D eigenvalue weighted by atomic mass is 9.98. The Morgan fingerprint density at radius 1 is 1.00 bits per heavy atom. The second-order valence-corrected chi connectivity index (χ2v) is 7.32. The molecule has 1 heterocycles. The smallest absolute Gasteiger partial charge is 0.409 e. The van der Waals surface area contributed by atoms with Crippen LogP contribution in [0.5, 0.6) is 0 Å². The molecule has 1 aliphatic carbocycles. The largest absolute Gasteiger partial charge is 0.480 e. The van der Waals surface area contributed by atoms with E-state index in [9.17, 15) is 19.5 Å². The van der Waals surface area contributed by atoms with Crippen LogP contribution in [0.2, 0.25) is 0 Å². The number of hydrogen-bond acceptors (Lipinski definition) is 4. The van der Waals surface area contributed by atoms with Gasteiger partial charge in [0.15, 0.2) is 0 Å². The Morgan fingerprint density at radius 2 is 1.59 bits per heavy atom. The van der Waals surface area contributed by atoms with Crippen molar-refractivity contribution in [2.24, 2.45) is 0 Å². The van der Waals surface area contributed by atoms with Crippen molar-refractivity contribution in [2.45, 2.75) is 18.9 Å².